The number of benzene rings is 1. The van der Waals surface area contributed by atoms with E-state index in [1.165, 1.54) is 5.56 Å². The second-order valence-corrected chi connectivity index (χ2v) is 5.42. The molecule has 0 aliphatic heterocycles. The van der Waals surface area contributed by atoms with Crippen LogP contribution in [0.1, 0.15) is 32.8 Å². The van der Waals surface area contributed by atoms with E-state index in [0.717, 1.165) is 12.8 Å². The second kappa shape index (κ2) is 8.59. The first-order valence-electron chi connectivity index (χ1n) is 7.27. The molecule has 20 heavy (non-hydrogen) atoms. The smallest absolute Gasteiger partial charge is 0.317 e. The summed E-state index contributed by atoms with van der Waals surface area (Å²) in [4.78, 5) is 13.7. The van der Waals surface area contributed by atoms with Crippen LogP contribution in [0, 0.1) is 0 Å². The van der Waals surface area contributed by atoms with Gasteiger partial charge in [0.1, 0.15) is 0 Å². The van der Waals surface area contributed by atoms with Gasteiger partial charge in [0, 0.05) is 19.1 Å². The number of aryl methyl sites for hydroxylation is 1. The van der Waals surface area contributed by atoms with Crippen molar-refractivity contribution in [2.45, 2.75) is 45.8 Å². The minimum atomic E-state index is -0.507. The van der Waals surface area contributed by atoms with Crippen LogP contribution >= 0.6 is 0 Å². The molecule has 0 radical (unpaired) electrons. The Balaban J connectivity index is 2.30. The fraction of sp³-hybridized carbons (Fsp3) is 0.562. The predicted molar refractivity (Wildman–Crippen MR) is 81.7 cm³/mol. The quantitative estimate of drug-likeness (QED) is 0.753. The summed E-state index contributed by atoms with van der Waals surface area (Å²) in [6.07, 6.45) is 1.36. The van der Waals surface area contributed by atoms with Crippen molar-refractivity contribution in [2.75, 3.05) is 13.1 Å². The lowest BCUT2D eigenvalue weighted by Gasteiger charge is -2.28. The molecule has 0 aliphatic carbocycles. The maximum Gasteiger partial charge on any atom is 0.317 e. The molecule has 0 saturated carbocycles. The molecular weight excluding hydrogens is 252 g/mol. The molecule has 0 saturated heterocycles. The van der Waals surface area contributed by atoms with Crippen LogP contribution in [0.25, 0.3) is 0 Å². The van der Waals surface area contributed by atoms with Crippen molar-refractivity contribution in [3.8, 4) is 0 Å². The summed E-state index contributed by atoms with van der Waals surface area (Å²) < 4.78 is 0. The zero-order chi connectivity index (χ0) is 15.0. The molecule has 2 amide bonds. The van der Waals surface area contributed by atoms with Crippen molar-refractivity contribution in [3.63, 3.8) is 0 Å². The highest BCUT2D eigenvalue weighted by Gasteiger charge is 2.17. The molecule has 4 heteroatoms. The average molecular weight is 278 g/mol. The van der Waals surface area contributed by atoms with Crippen LogP contribution in [0.2, 0.25) is 0 Å². The Bertz CT molecular complexity index is 391. The summed E-state index contributed by atoms with van der Waals surface area (Å²) in [6.45, 7) is 6.61. The van der Waals surface area contributed by atoms with Crippen molar-refractivity contribution in [3.05, 3.63) is 35.9 Å². The van der Waals surface area contributed by atoms with Crippen molar-refractivity contribution in [1.29, 1.82) is 0 Å². The monoisotopic (exact) mass is 278 g/mol. The second-order valence-electron chi connectivity index (χ2n) is 5.42. The van der Waals surface area contributed by atoms with E-state index < -0.39 is 6.10 Å². The molecule has 1 rings (SSSR count). The van der Waals surface area contributed by atoms with Gasteiger partial charge in [-0.25, -0.2) is 4.79 Å². The Morgan fingerprint density at radius 2 is 1.90 bits per heavy atom. The van der Waals surface area contributed by atoms with Gasteiger partial charge in [-0.3, -0.25) is 0 Å². The first kappa shape index (κ1) is 16.5. The number of nitrogens with one attached hydrogen (secondary N) is 1. The minimum Gasteiger partial charge on any atom is -0.392 e. The van der Waals surface area contributed by atoms with Crippen LogP contribution in [-0.2, 0) is 6.42 Å². The molecule has 0 aromatic heterocycles. The van der Waals surface area contributed by atoms with Gasteiger partial charge in [0.15, 0.2) is 0 Å². The Morgan fingerprint density at radius 1 is 1.25 bits per heavy atom. The summed E-state index contributed by atoms with van der Waals surface area (Å²) in [6, 6.07) is 10.2. The molecule has 0 spiro atoms. The van der Waals surface area contributed by atoms with Crippen LogP contribution in [0.3, 0.4) is 0 Å². The number of hydrogen-bond acceptors (Lipinski definition) is 2. The highest BCUT2D eigenvalue weighted by molar-refractivity contribution is 5.74. The molecule has 112 valence electrons. The van der Waals surface area contributed by atoms with Gasteiger partial charge in [-0.05, 0) is 39.2 Å². The fourth-order valence-corrected chi connectivity index (χ4v) is 2.05. The predicted octanol–water partition coefficient (Wildman–Crippen LogP) is 2.42. The van der Waals surface area contributed by atoms with Gasteiger partial charge in [0.2, 0.25) is 0 Å². The summed E-state index contributed by atoms with van der Waals surface area (Å²) in [5.74, 6) is 0. The Labute approximate surface area is 121 Å². The number of aliphatic hydroxyl groups excluding tert-OH is 1. The number of carbonyl (C=O) groups is 1. The molecule has 0 aliphatic rings. The normalized spacial score (nSPS) is 12.2. The lowest BCUT2D eigenvalue weighted by molar-refractivity contribution is 0.119. The van der Waals surface area contributed by atoms with E-state index in [9.17, 15) is 9.90 Å². The van der Waals surface area contributed by atoms with Crippen LogP contribution in [0.15, 0.2) is 30.3 Å². The third-order valence-corrected chi connectivity index (χ3v) is 3.11. The highest BCUT2D eigenvalue weighted by Crippen LogP contribution is 2.03. The van der Waals surface area contributed by atoms with Crippen LogP contribution < -0.4 is 5.32 Å². The Morgan fingerprint density at radius 3 is 2.45 bits per heavy atom. The van der Waals surface area contributed by atoms with Crippen molar-refractivity contribution in [2.24, 2.45) is 0 Å². The van der Waals surface area contributed by atoms with Gasteiger partial charge in [0.25, 0.3) is 0 Å². The van der Waals surface area contributed by atoms with E-state index in [4.69, 9.17) is 0 Å². The van der Waals surface area contributed by atoms with E-state index in [2.05, 4.69) is 17.4 Å². The fourth-order valence-electron chi connectivity index (χ4n) is 2.05. The summed E-state index contributed by atoms with van der Waals surface area (Å²) >= 11 is 0. The molecule has 0 fully saturated rings. The molecule has 4 nitrogen and oxygen atoms in total. The van der Waals surface area contributed by atoms with Crippen LogP contribution in [0.4, 0.5) is 4.79 Å². The molecule has 1 atom stereocenters. The van der Waals surface area contributed by atoms with E-state index in [1.807, 2.05) is 32.0 Å². The number of hydrogen-bond donors (Lipinski definition) is 2. The number of nitrogens with zero attached hydrogens (tertiary/aromatic N) is 1. The number of rotatable bonds is 7. The SMILES string of the molecule is CC(O)CN(C(=O)NCCCc1ccccc1)C(C)C. The van der Waals surface area contributed by atoms with Crippen molar-refractivity contribution >= 4 is 6.03 Å². The molecule has 0 heterocycles. The average Bonchev–Trinajstić information content (AvgIpc) is 2.41. The van der Waals surface area contributed by atoms with Crippen molar-refractivity contribution < 1.29 is 9.90 Å². The molecule has 1 aromatic carbocycles. The van der Waals surface area contributed by atoms with E-state index >= 15 is 0 Å². The molecular formula is C16H26N2O2. The van der Waals surface area contributed by atoms with Crippen LogP contribution in [-0.4, -0.2) is 41.3 Å². The summed E-state index contributed by atoms with van der Waals surface area (Å²) in [5, 5.41) is 12.3. The summed E-state index contributed by atoms with van der Waals surface area (Å²) in [5.41, 5.74) is 1.28. The number of carbonyl (C=O) groups excluding carboxylic acids is 1. The number of aliphatic hydroxyl groups is 1. The number of urea groups is 1. The minimum absolute atomic E-state index is 0.0822. The standard InChI is InChI=1S/C16H26N2O2/c1-13(2)18(12-14(3)19)16(20)17-11-7-10-15-8-5-4-6-9-15/h4-6,8-9,13-14,19H,7,10-12H2,1-3H3,(H,17,20). The molecule has 1 unspecified atom stereocenters. The highest BCUT2D eigenvalue weighted by atomic mass is 16.3. The van der Waals surface area contributed by atoms with Gasteiger partial charge in [0.05, 0.1) is 6.10 Å². The Hall–Kier alpha value is -1.55. The topological polar surface area (TPSA) is 52.6 Å². The lowest BCUT2D eigenvalue weighted by atomic mass is 10.1. The Kier molecular flexibility index (Phi) is 7.09. The third kappa shape index (κ3) is 6.06. The number of amides is 2. The first-order valence-corrected chi connectivity index (χ1v) is 7.27. The maximum atomic E-state index is 12.0. The van der Waals surface area contributed by atoms with Gasteiger partial charge in [-0.15, -0.1) is 0 Å². The molecule has 2 N–H and O–H groups in total. The van der Waals surface area contributed by atoms with Gasteiger partial charge in [-0.1, -0.05) is 30.3 Å². The van der Waals surface area contributed by atoms with Crippen molar-refractivity contribution in [1.82, 2.24) is 10.2 Å². The third-order valence-electron chi connectivity index (χ3n) is 3.11. The van der Waals surface area contributed by atoms with E-state index in [-0.39, 0.29) is 12.1 Å². The van der Waals surface area contributed by atoms with Gasteiger partial charge < -0.3 is 15.3 Å². The van der Waals surface area contributed by atoms with E-state index in [1.54, 1.807) is 11.8 Å². The van der Waals surface area contributed by atoms with E-state index in [0.29, 0.717) is 13.1 Å². The first-order chi connectivity index (χ1) is 9.50. The maximum absolute atomic E-state index is 12.0. The zero-order valence-corrected chi connectivity index (χ0v) is 12.7. The zero-order valence-electron chi connectivity index (χ0n) is 12.7. The van der Waals surface area contributed by atoms with Crippen LogP contribution in [0.5, 0.6) is 0 Å². The molecule has 1 aromatic rings. The van der Waals surface area contributed by atoms with Gasteiger partial charge in [-0.2, -0.15) is 0 Å². The summed E-state index contributed by atoms with van der Waals surface area (Å²) in [7, 11) is 0. The largest absolute Gasteiger partial charge is 0.392 e. The van der Waals surface area contributed by atoms with Gasteiger partial charge >= 0.3 is 6.03 Å². The molecule has 0 bridgehead atoms. The lowest BCUT2D eigenvalue weighted by Crippen LogP contribution is -2.47.